The van der Waals surface area contributed by atoms with Gasteiger partial charge in [-0.3, -0.25) is 14.7 Å². The van der Waals surface area contributed by atoms with Crippen LogP contribution in [0.1, 0.15) is 19.5 Å². The number of urea groups is 1. The number of rotatable bonds is 7. The SMILES string of the molecule is CCN(CC)C(=O)Nc1ccc(SN2C=C(Nc3cc(C)[nH]n3)[NH+]3C=CN=C3C2)cc1. The molecule has 2 aliphatic heterocycles. The molecule has 0 saturated carbocycles. The summed E-state index contributed by atoms with van der Waals surface area (Å²) in [4.78, 5) is 20.6. The van der Waals surface area contributed by atoms with Crippen LogP contribution in [0.5, 0.6) is 0 Å². The first-order valence-electron chi connectivity index (χ1n) is 10.3. The largest absolute Gasteiger partial charge is 0.325 e. The van der Waals surface area contributed by atoms with Crippen molar-refractivity contribution in [3.63, 3.8) is 0 Å². The molecular formula is C21H27N8OS+. The van der Waals surface area contributed by atoms with E-state index in [0.717, 1.165) is 38.7 Å². The van der Waals surface area contributed by atoms with Gasteiger partial charge in [0.1, 0.15) is 12.7 Å². The average molecular weight is 440 g/mol. The van der Waals surface area contributed by atoms with Crippen molar-refractivity contribution < 1.29 is 9.69 Å². The Morgan fingerprint density at radius 2 is 2.06 bits per heavy atom. The Morgan fingerprint density at radius 3 is 2.74 bits per heavy atom. The maximum Gasteiger partial charge on any atom is 0.321 e. The van der Waals surface area contributed by atoms with E-state index in [1.54, 1.807) is 16.8 Å². The van der Waals surface area contributed by atoms with Gasteiger partial charge in [-0.15, -0.1) is 0 Å². The fraction of sp³-hybridized carbons (Fsp3) is 0.286. The van der Waals surface area contributed by atoms with Gasteiger partial charge in [-0.25, -0.2) is 14.7 Å². The highest BCUT2D eigenvalue weighted by Crippen LogP contribution is 2.26. The molecule has 3 heterocycles. The molecule has 4 N–H and O–H groups in total. The third-order valence-corrected chi connectivity index (χ3v) is 5.95. The van der Waals surface area contributed by atoms with Gasteiger partial charge in [0.2, 0.25) is 11.7 Å². The number of amidine groups is 1. The predicted molar refractivity (Wildman–Crippen MR) is 124 cm³/mol. The van der Waals surface area contributed by atoms with Crippen molar-refractivity contribution in [2.24, 2.45) is 4.99 Å². The number of aromatic amines is 1. The van der Waals surface area contributed by atoms with Crippen LogP contribution in [0.2, 0.25) is 0 Å². The number of quaternary nitrogens is 1. The Balaban J connectivity index is 1.44. The van der Waals surface area contributed by atoms with E-state index >= 15 is 0 Å². The molecule has 0 saturated heterocycles. The minimum atomic E-state index is -0.0801. The highest BCUT2D eigenvalue weighted by Gasteiger charge is 2.32. The topological polar surface area (TPSA) is 93.1 Å². The number of hydrogen-bond acceptors (Lipinski definition) is 6. The van der Waals surface area contributed by atoms with Crippen LogP contribution in [0.3, 0.4) is 0 Å². The van der Waals surface area contributed by atoms with E-state index in [2.05, 4.69) is 36.3 Å². The summed E-state index contributed by atoms with van der Waals surface area (Å²) >= 11 is 1.62. The minimum Gasteiger partial charge on any atom is -0.325 e. The molecule has 9 nitrogen and oxygen atoms in total. The van der Waals surface area contributed by atoms with Gasteiger partial charge in [-0.1, -0.05) is 0 Å². The van der Waals surface area contributed by atoms with Gasteiger partial charge in [-0.2, -0.15) is 5.10 Å². The van der Waals surface area contributed by atoms with Crippen LogP contribution in [0.4, 0.5) is 16.3 Å². The second-order valence-corrected chi connectivity index (χ2v) is 8.33. The zero-order valence-corrected chi connectivity index (χ0v) is 18.7. The summed E-state index contributed by atoms with van der Waals surface area (Å²) in [6.07, 6.45) is 5.93. The van der Waals surface area contributed by atoms with Crippen molar-refractivity contribution in [2.75, 3.05) is 30.3 Å². The van der Waals surface area contributed by atoms with E-state index in [-0.39, 0.29) is 6.03 Å². The Hall–Kier alpha value is -3.24. The van der Waals surface area contributed by atoms with Crippen molar-refractivity contribution in [3.8, 4) is 0 Å². The van der Waals surface area contributed by atoms with Gasteiger partial charge in [0.05, 0.1) is 12.4 Å². The summed E-state index contributed by atoms with van der Waals surface area (Å²) in [6.45, 7) is 7.99. The lowest BCUT2D eigenvalue weighted by atomic mass is 10.3. The molecular weight excluding hydrogens is 412 g/mol. The lowest BCUT2D eigenvalue weighted by Crippen LogP contribution is -3.10. The van der Waals surface area contributed by atoms with E-state index in [4.69, 9.17) is 0 Å². The third-order valence-electron chi connectivity index (χ3n) is 5.00. The first-order valence-corrected chi connectivity index (χ1v) is 11.1. The predicted octanol–water partition coefficient (Wildman–Crippen LogP) is 2.59. The third kappa shape index (κ3) is 4.92. The summed E-state index contributed by atoms with van der Waals surface area (Å²) < 4.78 is 2.14. The zero-order valence-electron chi connectivity index (χ0n) is 17.8. The van der Waals surface area contributed by atoms with Crippen molar-refractivity contribution >= 4 is 35.3 Å². The number of anilines is 2. The van der Waals surface area contributed by atoms with Gasteiger partial charge in [0.15, 0.2) is 5.82 Å². The van der Waals surface area contributed by atoms with Crippen molar-refractivity contribution in [1.82, 2.24) is 19.4 Å². The number of hydrogen-bond donors (Lipinski definition) is 4. The van der Waals surface area contributed by atoms with Gasteiger partial charge in [0.25, 0.3) is 0 Å². The molecule has 1 aromatic carbocycles. The molecule has 31 heavy (non-hydrogen) atoms. The molecule has 1 aromatic heterocycles. The van der Waals surface area contributed by atoms with E-state index < -0.39 is 0 Å². The highest BCUT2D eigenvalue weighted by atomic mass is 32.2. The number of H-pyrrole nitrogens is 1. The molecule has 2 aromatic rings. The van der Waals surface area contributed by atoms with Crippen molar-refractivity contribution in [1.29, 1.82) is 0 Å². The van der Waals surface area contributed by atoms with Crippen LogP contribution >= 0.6 is 11.9 Å². The maximum atomic E-state index is 12.2. The lowest BCUT2D eigenvalue weighted by molar-refractivity contribution is -0.699. The van der Waals surface area contributed by atoms with Crippen LogP contribution in [0.15, 0.2) is 64.6 Å². The molecule has 162 valence electrons. The molecule has 0 bridgehead atoms. The Kier molecular flexibility index (Phi) is 6.28. The monoisotopic (exact) mass is 439 g/mol. The average Bonchev–Trinajstić information content (AvgIpc) is 3.39. The number of amides is 2. The lowest BCUT2D eigenvalue weighted by Gasteiger charge is -2.27. The van der Waals surface area contributed by atoms with Crippen molar-refractivity contribution in [2.45, 2.75) is 25.7 Å². The van der Waals surface area contributed by atoms with E-state index in [0.29, 0.717) is 19.6 Å². The van der Waals surface area contributed by atoms with E-state index in [1.165, 1.54) is 0 Å². The number of nitrogens with zero attached hydrogens (tertiary/aromatic N) is 4. The standard InChI is InChI=1S/C21H26N8OS/c1-4-27(5-2)21(30)23-16-6-8-17(9-7-16)31-28-13-19-22-10-11-29(19)20(14-28)24-18-12-15(3)25-26-18/h6-12,14H,4-5,13H2,1-3H3,(H,23,30)(H2,24,25,26)/p+1. The number of carbonyl (C=O) groups excluding carboxylic acids is 1. The van der Waals surface area contributed by atoms with Crippen molar-refractivity contribution in [3.05, 3.63) is 60.4 Å². The number of aliphatic imine (C=N–C) groups is 1. The second-order valence-electron chi connectivity index (χ2n) is 7.20. The molecule has 1 atom stereocenters. The maximum absolute atomic E-state index is 12.2. The van der Waals surface area contributed by atoms with Crippen LogP contribution in [-0.4, -0.2) is 50.9 Å². The molecule has 0 spiro atoms. The number of carbonyl (C=O) groups is 1. The normalized spacial score (nSPS) is 17.1. The first-order chi connectivity index (χ1) is 15.1. The number of fused-ring (bicyclic) bond motifs is 1. The number of nitrogens with one attached hydrogen (secondary N) is 4. The smallest absolute Gasteiger partial charge is 0.321 e. The van der Waals surface area contributed by atoms with Gasteiger partial charge < -0.3 is 10.2 Å². The molecule has 10 heteroatoms. The molecule has 2 amide bonds. The minimum absolute atomic E-state index is 0.0801. The Morgan fingerprint density at radius 1 is 1.29 bits per heavy atom. The fourth-order valence-corrected chi connectivity index (χ4v) is 4.25. The first kappa shape index (κ1) is 21.0. The number of aromatic nitrogens is 2. The van der Waals surface area contributed by atoms with Crippen LogP contribution in [0, 0.1) is 6.92 Å². The fourth-order valence-electron chi connectivity index (χ4n) is 3.37. The molecule has 2 aliphatic rings. The van der Waals surface area contributed by atoms with E-state index in [9.17, 15) is 4.79 Å². The summed E-state index contributed by atoms with van der Waals surface area (Å²) in [7, 11) is 0. The molecule has 4 rings (SSSR count). The summed E-state index contributed by atoms with van der Waals surface area (Å²) in [5, 5.41) is 13.6. The van der Waals surface area contributed by atoms with Gasteiger partial charge in [-0.05, 0) is 57.0 Å². The van der Waals surface area contributed by atoms with E-state index in [1.807, 2.05) is 63.5 Å². The van der Waals surface area contributed by atoms with Crippen LogP contribution in [0.25, 0.3) is 0 Å². The Bertz CT molecular complexity index is 1020. The van der Waals surface area contributed by atoms with Crippen LogP contribution < -0.4 is 15.5 Å². The molecule has 0 aliphatic carbocycles. The summed E-state index contributed by atoms with van der Waals surface area (Å²) in [5.74, 6) is 2.75. The quantitative estimate of drug-likeness (QED) is 0.498. The summed E-state index contributed by atoms with van der Waals surface area (Å²) in [6, 6.07) is 9.75. The highest BCUT2D eigenvalue weighted by molar-refractivity contribution is 7.97. The molecule has 1 unspecified atom stereocenters. The van der Waals surface area contributed by atoms with Gasteiger partial charge >= 0.3 is 6.03 Å². The number of benzene rings is 1. The Labute approximate surface area is 186 Å². The number of aryl methyl sites for hydroxylation is 1. The van der Waals surface area contributed by atoms with Gasteiger partial charge in [0, 0.05) is 35.4 Å². The molecule has 0 radical (unpaired) electrons. The summed E-state index contributed by atoms with van der Waals surface area (Å²) in [5.41, 5.74) is 1.78. The van der Waals surface area contributed by atoms with Crippen LogP contribution in [-0.2, 0) is 0 Å². The molecule has 0 fully saturated rings. The zero-order chi connectivity index (χ0) is 21.8. The second kappa shape index (κ2) is 9.27.